The summed E-state index contributed by atoms with van der Waals surface area (Å²) >= 11 is 6.27. The van der Waals surface area contributed by atoms with Gasteiger partial charge >= 0.3 is 0 Å². The molecule has 32 heavy (non-hydrogen) atoms. The highest BCUT2D eigenvalue weighted by Crippen LogP contribution is 2.37. The molecule has 3 N–H and O–H groups in total. The van der Waals surface area contributed by atoms with Gasteiger partial charge in [0.1, 0.15) is 0 Å². The lowest BCUT2D eigenvalue weighted by molar-refractivity contribution is 0.0953. The topological polar surface area (TPSA) is 74.5 Å². The second kappa shape index (κ2) is 11.6. The molecule has 0 radical (unpaired) electrons. The van der Waals surface area contributed by atoms with Crippen LogP contribution < -0.4 is 16.2 Å². The van der Waals surface area contributed by atoms with Gasteiger partial charge in [-0.3, -0.25) is 15.2 Å². The number of hydrazine groups is 1. The van der Waals surface area contributed by atoms with Crippen LogP contribution in [0.1, 0.15) is 27.9 Å². The lowest BCUT2D eigenvalue weighted by atomic mass is 10.0. The van der Waals surface area contributed by atoms with Gasteiger partial charge in [0.05, 0.1) is 0 Å². The number of benzene rings is 2. The molecule has 1 amide bonds. The van der Waals surface area contributed by atoms with Crippen molar-refractivity contribution in [2.75, 3.05) is 32.1 Å². The van der Waals surface area contributed by atoms with E-state index in [2.05, 4.69) is 65.3 Å². The summed E-state index contributed by atoms with van der Waals surface area (Å²) in [6, 6.07) is 18.2. The molecule has 0 saturated carbocycles. The molecule has 1 aliphatic rings. The van der Waals surface area contributed by atoms with E-state index in [-0.39, 0.29) is 5.91 Å². The van der Waals surface area contributed by atoms with Gasteiger partial charge < -0.3 is 9.80 Å². The molecule has 3 aromatic rings. The van der Waals surface area contributed by atoms with Gasteiger partial charge in [-0.15, -0.1) is 0 Å². The number of nitrogen functional groups attached to an aromatic ring is 1. The first-order valence-corrected chi connectivity index (χ1v) is 11.1. The fourth-order valence-corrected chi connectivity index (χ4v) is 3.92. The number of aromatic nitrogens is 1. The number of carbonyl (C=O) groups is 1. The molecular weight excluding hydrogens is 422 g/mol. The number of nitrogens with two attached hydrogens (primary N) is 1. The van der Waals surface area contributed by atoms with E-state index < -0.39 is 0 Å². The summed E-state index contributed by atoms with van der Waals surface area (Å²) in [6.07, 6.45) is 6.37. The van der Waals surface area contributed by atoms with E-state index in [0.717, 1.165) is 37.4 Å². The zero-order chi connectivity index (χ0) is 22.9. The van der Waals surface area contributed by atoms with Gasteiger partial charge in [-0.2, -0.15) is 0 Å². The third-order valence-corrected chi connectivity index (χ3v) is 5.58. The average Bonchev–Trinajstić information content (AvgIpc) is 2.96. The zero-order valence-corrected chi connectivity index (χ0v) is 19.3. The number of para-hydroxylation sites is 1. The number of nitrogens with zero attached hydrogens (tertiary/aromatic N) is 3. The molecule has 4 rings (SSSR count). The van der Waals surface area contributed by atoms with Crippen molar-refractivity contribution in [3.05, 3.63) is 88.7 Å². The number of aryl methyl sites for hydroxylation is 2. The van der Waals surface area contributed by atoms with Crippen molar-refractivity contribution in [2.45, 2.75) is 19.3 Å². The molecule has 0 spiro atoms. The Kier molecular flexibility index (Phi) is 8.62. The van der Waals surface area contributed by atoms with Crippen LogP contribution in [0.4, 0.5) is 11.4 Å². The summed E-state index contributed by atoms with van der Waals surface area (Å²) < 4.78 is 0. The van der Waals surface area contributed by atoms with E-state index in [1.807, 2.05) is 11.5 Å². The molecule has 0 atom stereocenters. The van der Waals surface area contributed by atoms with Gasteiger partial charge in [0, 0.05) is 40.9 Å². The summed E-state index contributed by atoms with van der Waals surface area (Å²) in [5, 5.41) is 0.816. The van der Waals surface area contributed by atoms with Gasteiger partial charge in [0.25, 0.3) is 5.91 Å². The molecule has 1 aliphatic heterocycles. The highest BCUT2D eigenvalue weighted by atomic mass is 35.5. The zero-order valence-electron chi connectivity index (χ0n) is 18.6. The van der Waals surface area contributed by atoms with Crippen molar-refractivity contribution in [1.29, 1.82) is 0 Å². The molecule has 0 aliphatic carbocycles. The molecule has 2 heterocycles. The third-order valence-electron chi connectivity index (χ3n) is 5.34. The molecule has 1 aromatic heterocycles. The Labute approximate surface area is 195 Å². The van der Waals surface area contributed by atoms with Crippen molar-refractivity contribution in [1.82, 2.24) is 15.3 Å². The van der Waals surface area contributed by atoms with Crippen molar-refractivity contribution >= 4 is 28.9 Å². The molecule has 2 aromatic carbocycles. The highest BCUT2D eigenvalue weighted by Gasteiger charge is 2.20. The van der Waals surface area contributed by atoms with Crippen LogP contribution in [0.3, 0.4) is 0 Å². The number of rotatable bonds is 5. The Morgan fingerprint density at radius 1 is 1.06 bits per heavy atom. The minimum absolute atomic E-state index is 0.303. The highest BCUT2D eigenvalue weighted by molar-refractivity contribution is 6.30. The number of hydrogen-bond acceptors (Lipinski definition) is 5. The molecule has 0 unspecified atom stereocenters. The predicted octanol–water partition coefficient (Wildman–Crippen LogP) is 4.21. The normalized spacial score (nSPS) is 12.2. The largest absolute Gasteiger partial charge is 0.341 e. The Balaban J connectivity index is 0.000000243. The Hall–Kier alpha value is -2.93. The smallest absolute Gasteiger partial charge is 0.265 e. The van der Waals surface area contributed by atoms with E-state index >= 15 is 0 Å². The number of carbonyl (C=O) groups excluding carboxylic acids is 1. The number of hydrogen-bond donors (Lipinski definition) is 2. The number of fused-ring (bicyclic) bond motifs is 2. The average molecular weight is 452 g/mol. The standard InChI is InChI=1S/C19H23ClN2.C6H7N3O/c1-21(2)12-5-13-22-18-7-4-3-6-15(18)8-9-16-10-11-17(20)14-19(16)22;7-9-6(10)5-1-3-8-4-2-5/h3-4,6-7,10-11,14H,5,8-9,12-13H2,1-2H3;1-4H,7H2,(H,9,10). The van der Waals surface area contributed by atoms with Crippen LogP contribution in [0.25, 0.3) is 0 Å². The second-order valence-corrected chi connectivity index (χ2v) is 8.36. The van der Waals surface area contributed by atoms with Crippen LogP contribution in [0.15, 0.2) is 67.0 Å². The summed E-state index contributed by atoms with van der Waals surface area (Å²) in [7, 11) is 4.25. The lowest BCUT2D eigenvalue weighted by Gasteiger charge is -2.27. The van der Waals surface area contributed by atoms with Crippen LogP contribution in [0.2, 0.25) is 5.02 Å². The Morgan fingerprint density at radius 2 is 1.75 bits per heavy atom. The SMILES string of the molecule is CN(C)CCCN1c2ccccc2CCc2ccc(Cl)cc21.NNC(=O)c1ccncc1. The van der Waals surface area contributed by atoms with Crippen molar-refractivity contribution < 1.29 is 4.79 Å². The van der Waals surface area contributed by atoms with Gasteiger partial charge in [-0.05, 0) is 81.4 Å². The van der Waals surface area contributed by atoms with Crippen molar-refractivity contribution in [2.24, 2.45) is 5.84 Å². The molecule has 7 heteroatoms. The van der Waals surface area contributed by atoms with E-state index in [0.29, 0.717) is 5.56 Å². The monoisotopic (exact) mass is 451 g/mol. The first-order chi connectivity index (χ1) is 15.5. The van der Waals surface area contributed by atoms with Crippen molar-refractivity contribution in [3.8, 4) is 0 Å². The summed E-state index contributed by atoms with van der Waals surface area (Å²) in [6.45, 7) is 2.11. The molecule has 0 bridgehead atoms. The number of pyridine rings is 1. The molecule has 0 saturated heterocycles. The van der Waals surface area contributed by atoms with Gasteiger partial charge in [0.15, 0.2) is 0 Å². The predicted molar refractivity (Wildman–Crippen MR) is 131 cm³/mol. The summed E-state index contributed by atoms with van der Waals surface area (Å²) in [5.41, 5.74) is 7.96. The number of anilines is 2. The molecule has 168 valence electrons. The molecule has 6 nitrogen and oxygen atoms in total. The first-order valence-electron chi connectivity index (χ1n) is 10.7. The number of amides is 1. The first kappa shape index (κ1) is 23.7. The van der Waals surface area contributed by atoms with Crippen LogP contribution in [-0.2, 0) is 12.8 Å². The lowest BCUT2D eigenvalue weighted by Crippen LogP contribution is -2.29. The van der Waals surface area contributed by atoms with E-state index in [4.69, 9.17) is 17.4 Å². The van der Waals surface area contributed by atoms with Crippen LogP contribution in [0.5, 0.6) is 0 Å². The van der Waals surface area contributed by atoms with E-state index in [9.17, 15) is 4.79 Å². The maximum Gasteiger partial charge on any atom is 0.265 e. The van der Waals surface area contributed by atoms with Crippen LogP contribution in [-0.4, -0.2) is 43.0 Å². The summed E-state index contributed by atoms with van der Waals surface area (Å²) in [5.74, 6) is 4.58. The second-order valence-electron chi connectivity index (χ2n) is 7.92. The fraction of sp³-hybridized carbons (Fsp3) is 0.280. The van der Waals surface area contributed by atoms with Gasteiger partial charge in [0.2, 0.25) is 0 Å². The molecule has 0 fully saturated rings. The fourth-order valence-electron chi connectivity index (χ4n) is 3.76. The minimum Gasteiger partial charge on any atom is -0.341 e. The van der Waals surface area contributed by atoms with E-state index in [1.54, 1.807) is 12.1 Å². The third kappa shape index (κ3) is 6.29. The van der Waals surface area contributed by atoms with Gasteiger partial charge in [-0.1, -0.05) is 35.9 Å². The van der Waals surface area contributed by atoms with Crippen LogP contribution in [0, 0.1) is 0 Å². The minimum atomic E-state index is -0.303. The van der Waals surface area contributed by atoms with Gasteiger partial charge in [-0.25, -0.2) is 5.84 Å². The maximum absolute atomic E-state index is 10.7. The summed E-state index contributed by atoms with van der Waals surface area (Å²) in [4.78, 5) is 19.2. The number of halogens is 1. The van der Waals surface area contributed by atoms with Crippen LogP contribution >= 0.6 is 11.6 Å². The van der Waals surface area contributed by atoms with E-state index in [1.165, 1.54) is 34.9 Å². The van der Waals surface area contributed by atoms with Crippen molar-refractivity contribution in [3.63, 3.8) is 0 Å². The maximum atomic E-state index is 10.7. The number of nitrogens with one attached hydrogen (secondary N) is 1. The quantitative estimate of drug-likeness (QED) is 0.345. The Morgan fingerprint density at radius 3 is 2.44 bits per heavy atom. The Bertz CT molecular complexity index is 1030. The molecular formula is C25H30ClN5O.